The Morgan fingerprint density at radius 2 is 1.35 bits per heavy atom. The molecule has 0 spiro atoms. The summed E-state index contributed by atoms with van der Waals surface area (Å²) in [6.07, 6.45) is 1.82. The van der Waals surface area contributed by atoms with Crippen molar-refractivity contribution in [3.05, 3.63) is 54.1 Å². The molecule has 23 heavy (non-hydrogen) atoms. The van der Waals surface area contributed by atoms with Crippen LogP contribution in [0.4, 0.5) is 11.4 Å². The smallest absolute Gasteiger partial charge is 0.261 e. The van der Waals surface area contributed by atoms with Gasteiger partial charge in [-0.05, 0) is 36.2 Å². The average Bonchev–Trinajstić information content (AvgIpc) is 2.48. The molecule has 0 aliphatic rings. The van der Waals surface area contributed by atoms with Crippen molar-refractivity contribution in [1.82, 2.24) is 0 Å². The normalized spacial score (nSPS) is 11.9. The van der Waals surface area contributed by atoms with Gasteiger partial charge >= 0.3 is 0 Å². The number of benzene rings is 2. The first-order valence-electron chi connectivity index (χ1n) is 6.90. The van der Waals surface area contributed by atoms with Gasteiger partial charge < -0.3 is 0 Å². The van der Waals surface area contributed by atoms with Gasteiger partial charge in [-0.15, -0.1) is 0 Å². The molecule has 2 aromatic rings. The lowest BCUT2D eigenvalue weighted by molar-refractivity contribution is 0.600. The molecule has 0 aromatic heterocycles. The van der Waals surface area contributed by atoms with Crippen LogP contribution in [0.3, 0.4) is 0 Å². The van der Waals surface area contributed by atoms with Crippen LogP contribution >= 0.6 is 0 Å². The maximum atomic E-state index is 12.4. The van der Waals surface area contributed by atoms with Crippen molar-refractivity contribution in [3.63, 3.8) is 0 Å². The molecule has 6 nitrogen and oxygen atoms in total. The second-order valence-electron chi connectivity index (χ2n) is 5.02. The second kappa shape index (κ2) is 6.59. The molecular weight excluding hydrogens is 336 g/mol. The van der Waals surface area contributed by atoms with Crippen molar-refractivity contribution in [2.45, 2.75) is 18.2 Å². The van der Waals surface area contributed by atoms with Gasteiger partial charge in [0, 0.05) is 0 Å². The van der Waals surface area contributed by atoms with Crippen LogP contribution in [0.1, 0.15) is 12.5 Å². The summed E-state index contributed by atoms with van der Waals surface area (Å²) in [5.74, 6) is 0. The van der Waals surface area contributed by atoms with Crippen LogP contribution in [0.5, 0.6) is 0 Å². The molecule has 0 saturated carbocycles. The van der Waals surface area contributed by atoms with E-state index in [1.165, 1.54) is 24.3 Å². The number of hydrogen-bond donors (Lipinski definition) is 2. The first kappa shape index (κ1) is 17.3. The number of hydrogen-bond acceptors (Lipinski definition) is 4. The molecule has 124 valence electrons. The summed E-state index contributed by atoms with van der Waals surface area (Å²) in [5.41, 5.74) is 1.37. The molecule has 2 rings (SSSR count). The number of para-hydroxylation sites is 2. The lowest BCUT2D eigenvalue weighted by atomic mass is 10.2. The van der Waals surface area contributed by atoms with E-state index in [2.05, 4.69) is 9.44 Å². The fraction of sp³-hybridized carbons (Fsp3) is 0.200. The molecule has 8 heteroatoms. The highest BCUT2D eigenvalue weighted by atomic mass is 32.2. The summed E-state index contributed by atoms with van der Waals surface area (Å²) in [4.78, 5) is 0.115. The molecule has 0 fully saturated rings. The van der Waals surface area contributed by atoms with Gasteiger partial charge in [-0.3, -0.25) is 9.44 Å². The van der Waals surface area contributed by atoms with E-state index in [0.29, 0.717) is 0 Å². The van der Waals surface area contributed by atoms with E-state index in [1.54, 1.807) is 24.3 Å². The Morgan fingerprint density at radius 1 is 0.826 bits per heavy atom. The third-order valence-corrected chi connectivity index (χ3v) is 5.08. The Balaban J connectivity index is 2.33. The number of rotatable bonds is 6. The van der Waals surface area contributed by atoms with Gasteiger partial charge in [0.25, 0.3) is 10.0 Å². The number of sulfonamides is 2. The molecule has 0 bridgehead atoms. The van der Waals surface area contributed by atoms with Crippen LogP contribution < -0.4 is 9.44 Å². The highest BCUT2D eigenvalue weighted by Gasteiger charge is 2.16. The van der Waals surface area contributed by atoms with Gasteiger partial charge in [-0.2, -0.15) is 0 Å². The maximum absolute atomic E-state index is 12.4. The molecule has 0 amide bonds. The van der Waals surface area contributed by atoms with E-state index in [9.17, 15) is 16.8 Å². The number of aryl methyl sites for hydroxylation is 1. The quantitative estimate of drug-likeness (QED) is 0.833. The number of nitrogens with one attached hydrogen (secondary N) is 2. The Morgan fingerprint density at radius 3 is 1.83 bits per heavy atom. The summed E-state index contributed by atoms with van der Waals surface area (Å²) in [5, 5.41) is 0. The summed E-state index contributed by atoms with van der Waals surface area (Å²) in [7, 11) is -7.31. The Hall–Kier alpha value is -2.06. The lowest BCUT2D eigenvalue weighted by Crippen LogP contribution is -2.16. The molecule has 0 saturated heterocycles. The third kappa shape index (κ3) is 4.70. The summed E-state index contributed by atoms with van der Waals surface area (Å²) in [6, 6.07) is 12.7. The zero-order valence-corrected chi connectivity index (χ0v) is 14.4. The topological polar surface area (TPSA) is 92.3 Å². The fourth-order valence-corrected chi connectivity index (χ4v) is 3.63. The monoisotopic (exact) mass is 354 g/mol. The predicted molar refractivity (Wildman–Crippen MR) is 91.5 cm³/mol. The molecule has 2 N–H and O–H groups in total. The largest absolute Gasteiger partial charge is 0.282 e. The average molecular weight is 354 g/mol. The van der Waals surface area contributed by atoms with E-state index < -0.39 is 20.0 Å². The minimum atomic E-state index is -3.80. The Kier molecular flexibility index (Phi) is 4.96. The molecule has 0 radical (unpaired) electrons. The zero-order valence-electron chi connectivity index (χ0n) is 12.8. The van der Waals surface area contributed by atoms with Gasteiger partial charge in [0.05, 0.1) is 22.5 Å². The van der Waals surface area contributed by atoms with Crippen molar-refractivity contribution in [3.8, 4) is 0 Å². The summed E-state index contributed by atoms with van der Waals surface area (Å²) >= 11 is 0. The lowest BCUT2D eigenvalue weighted by Gasteiger charge is -2.13. The van der Waals surface area contributed by atoms with Gasteiger partial charge in [0.15, 0.2) is 0 Å². The van der Waals surface area contributed by atoms with E-state index in [4.69, 9.17) is 0 Å². The Bertz CT molecular complexity index is 889. The third-order valence-electron chi connectivity index (χ3n) is 3.11. The van der Waals surface area contributed by atoms with Crippen molar-refractivity contribution in [2.75, 3.05) is 15.7 Å². The maximum Gasteiger partial charge on any atom is 0.261 e. The van der Waals surface area contributed by atoms with Crippen molar-refractivity contribution < 1.29 is 16.8 Å². The van der Waals surface area contributed by atoms with Crippen LogP contribution in [-0.4, -0.2) is 23.1 Å². The van der Waals surface area contributed by atoms with Crippen LogP contribution in [0.15, 0.2) is 53.4 Å². The standard InChI is InChI=1S/C15H18N2O4S2/c1-3-12-8-10-13(11-9-12)23(20,21)17-15-7-5-4-6-14(15)16-22(2,18)19/h4-11,16-17H,3H2,1-2H3. The summed E-state index contributed by atoms with van der Waals surface area (Å²) in [6.45, 7) is 1.98. The molecule has 0 heterocycles. The molecule has 0 aliphatic carbocycles. The van der Waals surface area contributed by atoms with Gasteiger partial charge in [0.2, 0.25) is 10.0 Å². The minimum Gasteiger partial charge on any atom is -0.282 e. The summed E-state index contributed by atoms with van der Waals surface area (Å²) < 4.78 is 52.3. The van der Waals surface area contributed by atoms with Crippen LogP contribution in [0, 0.1) is 0 Å². The fourth-order valence-electron chi connectivity index (χ4n) is 1.97. The highest BCUT2D eigenvalue weighted by Crippen LogP contribution is 2.25. The van der Waals surface area contributed by atoms with Crippen LogP contribution in [0.25, 0.3) is 0 Å². The first-order valence-corrected chi connectivity index (χ1v) is 10.3. The van der Waals surface area contributed by atoms with E-state index in [1.807, 2.05) is 6.92 Å². The van der Waals surface area contributed by atoms with E-state index >= 15 is 0 Å². The minimum absolute atomic E-state index is 0.115. The molecule has 2 aromatic carbocycles. The van der Waals surface area contributed by atoms with Crippen LogP contribution in [0.2, 0.25) is 0 Å². The zero-order chi connectivity index (χ0) is 17.1. The molecule has 0 unspecified atom stereocenters. The van der Waals surface area contributed by atoms with Gasteiger partial charge in [0.1, 0.15) is 0 Å². The Labute approximate surface area is 136 Å². The van der Waals surface area contributed by atoms with Crippen molar-refractivity contribution >= 4 is 31.4 Å². The molecular formula is C15H18N2O4S2. The van der Waals surface area contributed by atoms with E-state index in [-0.39, 0.29) is 16.3 Å². The van der Waals surface area contributed by atoms with Crippen molar-refractivity contribution in [2.24, 2.45) is 0 Å². The molecule has 0 aliphatic heterocycles. The van der Waals surface area contributed by atoms with Crippen molar-refractivity contribution in [1.29, 1.82) is 0 Å². The molecule has 0 atom stereocenters. The second-order valence-corrected chi connectivity index (χ2v) is 8.45. The first-order chi connectivity index (χ1) is 10.7. The van der Waals surface area contributed by atoms with Gasteiger partial charge in [-0.1, -0.05) is 31.2 Å². The highest BCUT2D eigenvalue weighted by molar-refractivity contribution is 7.93. The van der Waals surface area contributed by atoms with Gasteiger partial charge in [-0.25, -0.2) is 16.8 Å². The van der Waals surface area contributed by atoms with E-state index in [0.717, 1.165) is 18.2 Å². The number of anilines is 2. The predicted octanol–water partition coefficient (Wildman–Crippen LogP) is 2.42. The van der Waals surface area contributed by atoms with Crippen LogP contribution in [-0.2, 0) is 26.5 Å². The SMILES string of the molecule is CCc1ccc(S(=O)(=O)Nc2ccccc2NS(C)(=O)=O)cc1.